The molecule has 0 aromatic heterocycles. The maximum atomic E-state index is 5.87. The van der Waals surface area contributed by atoms with Crippen molar-refractivity contribution in [2.75, 3.05) is 20.8 Å². The molecule has 0 saturated carbocycles. The summed E-state index contributed by atoms with van der Waals surface area (Å²) in [7, 11) is 3.36. The topological polar surface area (TPSA) is 27.7 Å². The van der Waals surface area contributed by atoms with E-state index in [1.54, 1.807) is 14.2 Å². The molecule has 0 aliphatic carbocycles. The van der Waals surface area contributed by atoms with Crippen LogP contribution in [0.2, 0.25) is 0 Å². The average Bonchev–Trinajstić information content (AvgIpc) is 2.47. The Kier molecular flexibility index (Phi) is 4.27. The van der Waals surface area contributed by atoms with Crippen LogP contribution in [0, 0.1) is 6.92 Å². The highest BCUT2D eigenvalue weighted by molar-refractivity contribution is 5.47. The molecule has 1 aliphatic heterocycles. The van der Waals surface area contributed by atoms with Gasteiger partial charge in [-0.05, 0) is 36.6 Å². The molecule has 2 rings (SSSR count). The zero-order valence-corrected chi connectivity index (χ0v) is 11.7. The van der Waals surface area contributed by atoms with E-state index in [4.69, 9.17) is 14.2 Å². The van der Waals surface area contributed by atoms with Crippen molar-refractivity contribution in [3.8, 4) is 11.5 Å². The van der Waals surface area contributed by atoms with Crippen LogP contribution in [-0.4, -0.2) is 20.8 Å². The van der Waals surface area contributed by atoms with E-state index in [1.165, 1.54) is 0 Å². The minimum absolute atomic E-state index is 0.00755. The van der Waals surface area contributed by atoms with E-state index in [2.05, 4.69) is 12.7 Å². The van der Waals surface area contributed by atoms with Gasteiger partial charge in [0, 0.05) is 5.56 Å². The van der Waals surface area contributed by atoms with Crippen LogP contribution in [-0.2, 0) is 4.74 Å². The van der Waals surface area contributed by atoms with Crippen LogP contribution in [0.5, 0.6) is 11.5 Å². The molecule has 102 valence electrons. The van der Waals surface area contributed by atoms with E-state index in [0.29, 0.717) is 6.61 Å². The molecule has 0 amide bonds. The first-order valence-corrected chi connectivity index (χ1v) is 6.35. The fourth-order valence-corrected chi connectivity index (χ4v) is 2.27. The molecular weight excluding hydrogens is 240 g/mol. The second kappa shape index (κ2) is 5.93. The third-order valence-corrected chi connectivity index (χ3v) is 3.40. The SMILES string of the molecule is C=CC1=CCC(c2cc(OC)c(C)cc2OC)OC1. The van der Waals surface area contributed by atoms with Gasteiger partial charge in [-0.15, -0.1) is 0 Å². The molecule has 3 heteroatoms. The van der Waals surface area contributed by atoms with Gasteiger partial charge in [0.1, 0.15) is 11.5 Å². The molecule has 0 radical (unpaired) electrons. The Labute approximate surface area is 114 Å². The second-order valence-corrected chi connectivity index (χ2v) is 4.58. The summed E-state index contributed by atoms with van der Waals surface area (Å²) in [4.78, 5) is 0. The summed E-state index contributed by atoms with van der Waals surface area (Å²) < 4.78 is 16.7. The van der Waals surface area contributed by atoms with Crippen molar-refractivity contribution in [2.24, 2.45) is 0 Å². The van der Waals surface area contributed by atoms with E-state index in [0.717, 1.165) is 34.6 Å². The van der Waals surface area contributed by atoms with Crippen molar-refractivity contribution in [1.29, 1.82) is 0 Å². The number of benzene rings is 1. The highest BCUT2D eigenvalue weighted by Crippen LogP contribution is 2.37. The van der Waals surface area contributed by atoms with Crippen molar-refractivity contribution in [2.45, 2.75) is 19.4 Å². The molecule has 0 N–H and O–H groups in total. The molecule has 1 heterocycles. The van der Waals surface area contributed by atoms with Crippen molar-refractivity contribution in [3.05, 3.63) is 47.6 Å². The molecule has 0 spiro atoms. The van der Waals surface area contributed by atoms with Gasteiger partial charge in [-0.1, -0.05) is 18.7 Å². The van der Waals surface area contributed by atoms with Gasteiger partial charge in [-0.2, -0.15) is 0 Å². The summed E-state index contributed by atoms with van der Waals surface area (Å²) in [6.07, 6.45) is 4.83. The number of hydrogen-bond acceptors (Lipinski definition) is 3. The van der Waals surface area contributed by atoms with Crippen molar-refractivity contribution in [1.82, 2.24) is 0 Å². The highest BCUT2D eigenvalue weighted by Gasteiger charge is 2.21. The zero-order valence-electron chi connectivity index (χ0n) is 11.7. The lowest BCUT2D eigenvalue weighted by Crippen LogP contribution is -2.12. The van der Waals surface area contributed by atoms with Gasteiger partial charge in [-0.3, -0.25) is 0 Å². The van der Waals surface area contributed by atoms with Gasteiger partial charge in [0.05, 0.1) is 26.9 Å². The third kappa shape index (κ3) is 2.82. The fourth-order valence-electron chi connectivity index (χ4n) is 2.27. The van der Waals surface area contributed by atoms with Gasteiger partial charge in [0.2, 0.25) is 0 Å². The number of ether oxygens (including phenoxy) is 3. The molecule has 0 saturated heterocycles. The molecule has 19 heavy (non-hydrogen) atoms. The smallest absolute Gasteiger partial charge is 0.125 e. The Morgan fingerprint density at radius 1 is 1.26 bits per heavy atom. The summed E-state index contributed by atoms with van der Waals surface area (Å²) in [6.45, 7) is 6.36. The zero-order chi connectivity index (χ0) is 13.8. The predicted molar refractivity (Wildman–Crippen MR) is 75.9 cm³/mol. The summed E-state index contributed by atoms with van der Waals surface area (Å²) in [5.41, 5.74) is 3.22. The quantitative estimate of drug-likeness (QED) is 0.828. The second-order valence-electron chi connectivity index (χ2n) is 4.58. The Morgan fingerprint density at radius 3 is 2.53 bits per heavy atom. The van der Waals surface area contributed by atoms with Gasteiger partial charge in [-0.25, -0.2) is 0 Å². The van der Waals surface area contributed by atoms with E-state index in [9.17, 15) is 0 Å². The van der Waals surface area contributed by atoms with Gasteiger partial charge in [0.15, 0.2) is 0 Å². The number of methoxy groups -OCH3 is 2. The maximum absolute atomic E-state index is 5.87. The molecule has 1 unspecified atom stereocenters. The Morgan fingerprint density at radius 2 is 2.00 bits per heavy atom. The lowest BCUT2D eigenvalue weighted by Gasteiger charge is -2.24. The minimum atomic E-state index is 0.00755. The predicted octanol–water partition coefficient (Wildman–Crippen LogP) is 3.59. The molecule has 1 aromatic rings. The minimum Gasteiger partial charge on any atom is -0.496 e. The molecule has 0 fully saturated rings. The molecular formula is C16H20O3. The Balaban J connectivity index is 2.33. The van der Waals surface area contributed by atoms with E-state index < -0.39 is 0 Å². The lowest BCUT2D eigenvalue weighted by atomic mass is 9.99. The lowest BCUT2D eigenvalue weighted by molar-refractivity contribution is 0.0614. The summed E-state index contributed by atoms with van der Waals surface area (Å²) in [5, 5.41) is 0. The summed E-state index contributed by atoms with van der Waals surface area (Å²) >= 11 is 0. The molecule has 1 aromatic carbocycles. The summed E-state index contributed by atoms with van der Waals surface area (Å²) in [6, 6.07) is 4.00. The number of hydrogen-bond donors (Lipinski definition) is 0. The first-order valence-electron chi connectivity index (χ1n) is 6.35. The largest absolute Gasteiger partial charge is 0.496 e. The van der Waals surface area contributed by atoms with Crippen LogP contribution in [0.1, 0.15) is 23.7 Å². The highest BCUT2D eigenvalue weighted by atomic mass is 16.5. The Hall–Kier alpha value is -1.74. The Bertz CT molecular complexity index is 503. The van der Waals surface area contributed by atoms with Crippen LogP contribution in [0.4, 0.5) is 0 Å². The molecule has 3 nitrogen and oxygen atoms in total. The summed E-state index contributed by atoms with van der Waals surface area (Å²) in [5.74, 6) is 1.71. The first-order chi connectivity index (χ1) is 9.19. The van der Waals surface area contributed by atoms with Gasteiger partial charge in [0.25, 0.3) is 0 Å². The van der Waals surface area contributed by atoms with Crippen molar-refractivity contribution >= 4 is 0 Å². The van der Waals surface area contributed by atoms with Crippen molar-refractivity contribution < 1.29 is 14.2 Å². The van der Waals surface area contributed by atoms with Crippen LogP contribution in [0.25, 0.3) is 0 Å². The van der Waals surface area contributed by atoms with E-state index >= 15 is 0 Å². The maximum Gasteiger partial charge on any atom is 0.125 e. The van der Waals surface area contributed by atoms with Crippen LogP contribution in [0.15, 0.2) is 36.4 Å². The first kappa shape index (κ1) is 13.7. The van der Waals surface area contributed by atoms with Crippen LogP contribution < -0.4 is 9.47 Å². The molecule has 0 bridgehead atoms. The van der Waals surface area contributed by atoms with Crippen LogP contribution >= 0.6 is 0 Å². The van der Waals surface area contributed by atoms with Crippen LogP contribution in [0.3, 0.4) is 0 Å². The fraction of sp³-hybridized carbons (Fsp3) is 0.375. The third-order valence-electron chi connectivity index (χ3n) is 3.40. The monoisotopic (exact) mass is 260 g/mol. The molecule has 1 atom stereocenters. The molecule has 1 aliphatic rings. The van der Waals surface area contributed by atoms with Gasteiger partial charge >= 0.3 is 0 Å². The van der Waals surface area contributed by atoms with E-state index in [1.807, 2.05) is 25.1 Å². The standard InChI is InChI=1S/C16H20O3/c1-5-12-6-7-14(19-10-12)13-9-15(17-3)11(2)8-16(13)18-4/h5-6,8-9,14H,1,7,10H2,2-4H3. The average molecular weight is 260 g/mol. The normalized spacial score (nSPS) is 18.7. The number of rotatable bonds is 4. The van der Waals surface area contributed by atoms with Gasteiger partial charge < -0.3 is 14.2 Å². The number of aryl methyl sites for hydroxylation is 1. The van der Waals surface area contributed by atoms with E-state index in [-0.39, 0.29) is 6.10 Å². The van der Waals surface area contributed by atoms with Crippen molar-refractivity contribution in [3.63, 3.8) is 0 Å².